The van der Waals surface area contributed by atoms with Crippen LogP contribution in [0.15, 0.2) is 62.2 Å². The van der Waals surface area contributed by atoms with E-state index >= 15 is 0 Å². The fraction of sp³-hybridized carbons (Fsp3) is 0.238. The summed E-state index contributed by atoms with van der Waals surface area (Å²) in [6, 6.07) is 15.1. The Labute approximate surface area is 155 Å². The summed E-state index contributed by atoms with van der Waals surface area (Å²) >= 11 is 0. The highest BCUT2D eigenvalue weighted by molar-refractivity contribution is 5.98. The smallest absolute Gasteiger partial charge is 0.366 e. The van der Waals surface area contributed by atoms with Crippen molar-refractivity contribution in [3.05, 3.63) is 70.4 Å². The molecule has 4 aromatic rings. The molecule has 6 nitrogen and oxygen atoms in total. The van der Waals surface area contributed by atoms with Crippen molar-refractivity contribution in [2.75, 3.05) is 13.7 Å². The number of hydrogen-bond donors (Lipinski definition) is 0. The molecular weight excluding hydrogens is 346 g/mol. The molecule has 2 aromatic heterocycles. The largest absolute Gasteiger partial charge is 0.497 e. The zero-order valence-electron chi connectivity index (χ0n) is 14.9. The fourth-order valence-corrected chi connectivity index (χ4v) is 2.92. The van der Waals surface area contributed by atoms with E-state index in [1.165, 1.54) is 0 Å². The molecule has 0 atom stereocenters. The van der Waals surface area contributed by atoms with E-state index < -0.39 is 5.63 Å². The highest BCUT2D eigenvalue weighted by Crippen LogP contribution is 2.23. The Kier molecular flexibility index (Phi) is 4.89. The number of ether oxygens (including phenoxy) is 2. The number of aryl methyl sites for hydroxylation is 1. The Hall–Kier alpha value is -3.12. The van der Waals surface area contributed by atoms with Crippen LogP contribution in [0.1, 0.15) is 17.9 Å². The van der Waals surface area contributed by atoms with Crippen molar-refractivity contribution in [3.63, 3.8) is 0 Å². The molecule has 0 unspecified atom stereocenters. The maximum absolute atomic E-state index is 12.1. The molecule has 138 valence electrons. The topological polar surface area (TPSA) is 74.7 Å². The molecule has 0 aliphatic heterocycles. The van der Waals surface area contributed by atoms with Gasteiger partial charge < -0.3 is 18.3 Å². The van der Waals surface area contributed by atoms with Crippen LogP contribution in [0, 0.1) is 0 Å². The Morgan fingerprint density at radius 3 is 2.67 bits per heavy atom. The SMILES string of the molecule is COc1ccc(COCCCc2nc3c(=O)oc4ccccc4c3o2)cc1. The number of hydrogen-bond acceptors (Lipinski definition) is 6. The van der Waals surface area contributed by atoms with Crippen LogP contribution in [0.4, 0.5) is 0 Å². The van der Waals surface area contributed by atoms with Gasteiger partial charge in [-0.25, -0.2) is 9.78 Å². The van der Waals surface area contributed by atoms with Gasteiger partial charge in [0.25, 0.3) is 0 Å². The van der Waals surface area contributed by atoms with Crippen LogP contribution in [0.3, 0.4) is 0 Å². The quantitative estimate of drug-likeness (QED) is 0.363. The third-order valence-corrected chi connectivity index (χ3v) is 4.31. The summed E-state index contributed by atoms with van der Waals surface area (Å²) in [7, 11) is 1.64. The van der Waals surface area contributed by atoms with Crippen molar-refractivity contribution in [1.82, 2.24) is 4.98 Å². The van der Waals surface area contributed by atoms with Crippen LogP contribution in [0.5, 0.6) is 5.75 Å². The number of oxazole rings is 1. The monoisotopic (exact) mass is 365 g/mol. The first-order valence-electron chi connectivity index (χ1n) is 8.76. The van der Waals surface area contributed by atoms with E-state index in [9.17, 15) is 4.79 Å². The van der Waals surface area contributed by atoms with Gasteiger partial charge in [0.15, 0.2) is 17.0 Å². The van der Waals surface area contributed by atoms with Crippen molar-refractivity contribution < 1.29 is 18.3 Å². The summed E-state index contributed by atoms with van der Waals surface area (Å²) in [6.07, 6.45) is 1.33. The molecule has 0 spiro atoms. The molecule has 2 aromatic carbocycles. The predicted octanol–water partition coefficient (Wildman–Crippen LogP) is 4.09. The van der Waals surface area contributed by atoms with Gasteiger partial charge in [0, 0.05) is 13.0 Å². The molecule has 0 aliphatic carbocycles. The van der Waals surface area contributed by atoms with E-state index in [4.69, 9.17) is 18.3 Å². The second-order valence-electron chi connectivity index (χ2n) is 6.18. The molecule has 0 radical (unpaired) electrons. The third kappa shape index (κ3) is 3.71. The molecule has 0 saturated heterocycles. The van der Waals surface area contributed by atoms with Gasteiger partial charge in [-0.1, -0.05) is 24.3 Å². The zero-order chi connectivity index (χ0) is 18.6. The fourth-order valence-electron chi connectivity index (χ4n) is 2.92. The molecular formula is C21H19NO5. The van der Waals surface area contributed by atoms with Gasteiger partial charge >= 0.3 is 5.63 Å². The van der Waals surface area contributed by atoms with Crippen molar-refractivity contribution in [1.29, 1.82) is 0 Å². The van der Waals surface area contributed by atoms with Gasteiger partial charge in [0.2, 0.25) is 0 Å². The molecule has 0 N–H and O–H groups in total. The number of benzene rings is 2. The van der Waals surface area contributed by atoms with E-state index in [-0.39, 0.29) is 5.52 Å². The molecule has 0 amide bonds. The first kappa shape index (κ1) is 17.3. The number of aromatic nitrogens is 1. The summed E-state index contributed by atoms with van der Waals surface area (Å²) in [5, 5.41) is 0.751. The van der Waals surface area contributed by atoms with Crippen molar-refractivity contribution in [2.24, 2.45) is 0 Å². The van der Waals surface area contributed by atoms with E-state index in [1.807, 2.05) is 42.5 Å². The molecule has 0 fully saturated rings. The Balaban J connectivity index is 1.37. The Bertz CT molecular complexity index is 1110. The van der Waals surface area contributed by atoms with E-state index in [1.54, 1.807) is 13.2 Å². The molecule has 6 heteroatoms. The van der Waals surface area contributed by atoms with Crippen LogP contribution in [-0.2, 0) is 17.8 Å². The first-order chi connectivity index (χ1) is 13.2. The van der Waals surface area contributed by atoms with Crippen LogP contribution in [0.2, 0.25) is 0 Å². The highest BCUT2D eigenvalue weighted by atomic mass is 16.5. The maximum Gasteiger partial charge on any atom is 0.366 e. The zero-order valence-corrected chi connectivity index (χ0v) is 14.9. The van der Waals surface area contributed by atoms with Crippen molar-refractivity contribution in [3.8, 4) is 5.75 Å². The lowest BCUT2D eigenvalue weighted by Crippen LogP contribution is -2.00. The highest BCUT2D eigenvalue weighted by Gasteiger charge is 2.14. The molecule has 2 heterocycles. The summed E-state index contributed by atoms with van der Waals surface area (Å²) in [5.41, 5.74) is 1.83. The normalized spacial score (nSPS) is 11.3. The van der Waals surface area contributed by atoms with Crippen LogP contribution >= 0.6 is 0 Å². The maximum atomic E-state index is 12.1. The summed E-state index contributed by atoms with van der Waals surface area (Å²) < 4.78 is 21.9. The molecule has 0 bridgehead atoms. The predicted molar refractivity (Wildman–Crippen MR) is 101 cm³/mol. The number of rotatable bonds is 7. The number of fused-ring (bicyclic) bond motifs is 3. The van der Waals surface area contributed by atoms with Gasteiger partial charge in [-0.2, -0.15) is 0 Å². The van der Waals surface area contributed by atoms with Gasteiger partial charge in [-0.05, 0) is 36.2 Å². The lowest BCUT2D eigenvalue weighted by molar-refractivity contribution is 0.117. The molecule has 0 aliphatic rings. The number of nitrogens with zero attached hydrogens (tertiary/aromatic N) is 1. The standard InChI is InChI=1S/C21H19NO5/c1-24-15-10-8-14(9-11-15)13-25-12-4-7-18-22-19-20(27-18)16-5-2-3-6-17(16)26-21(19)23/h2-3,5-6,8-11H,4,7,12-13H2,1H3. The average molecular weight is 365 g/mol. The van der Waals surface area contributed by atoms with Gasteiger partial charge in [-0.15, -0.1) is 0 Å². The minimum absolute atomic E-state index is 0.239. The first-order valence-corrected chi connectivity index (χ1v) is 8.76. The number of methoxy groups -OCH3 is 1. The van der Waals surface area contributed by atoms with E-state index in [0.717, 1.165) is 23.1 Å². The molecule has 27 heavy (non-hydrogen) atoms. The van der Waals surface area contributed by atoms with E-state index in [2.05, 4.69) is 4.98 Å². The second-order valence-corrected chi connectivity index (χ2v) is 6.18. The van der Waals surface area contributed by atoms with Gasteiger partial charge in [0.05, 0.1) is 19.1 Å². The summed E-state index contributed by atoms with van der Waals surface area (Å²) in [6.45, 7) is 1.10. The minimum Gasteiger partial charge on any atom is -0.497 e. The van der Waals surface area contributed by atoms with Gasteiger partial charge in [-0.3, -0.25) is 0 Å². The molecule has 4 rings (SSSR count). The van der Waals surface area contributed by atoms with E-state index in [0.29, 0.717) is 36.7 Å². The minimum atomic E-state index is -0.477. The lowest BCUT2D eigenvalue weighted by Gasteiger charge is -2.05. The number of para-hydroxylation sites is 1. The lowest BCUT2D eigenvalue weighted by atomic mass is 10.2. The summed E-state index contributed by atoms with van der Waals surface area (Å²) in [5.74, 6) is 1.34. The second kappa shape index (κ2) is 7.63. The van der Waals surface area contributed by atoms with Gasteiger partial charge in [0.1, 0.15) is 11.3 Å². The van der Waals surface area contributed by atoms with Crippen molar-refractivity contribution in [2.45, 2.75) is 19.4 Å². The third-order valence-electron chi connectivity index (χ3n) is 4.31. The van der Waals surface area contributed by atoms with Crippen LogP contribution in [-0.4, -0.2) is 18.7 Å². The Morgan fingerprint density at radius 2 is 1.85 bits per heavy atom. The van der Waals surface area contributed by atoms with Crippen LogP contribution in [0.25, 0.3) is 22.1 Å². The molecule has 0 saturated carbocycles. The summed E-state index contributed by atoms with van der Waals surface area (Å²) in [4.78, 5) is 16.4. The van der Waals surface area contributed by atoms with Crippen LogP contribution < -0.4 is 10.4 Å². The average Bonchev–Trinajstić information content (AvgIpc) is 3.13. The Morgan fingerprint density at radius 1 is 1.04 bits per heavy atom. The van der Waals surface area contributed by atoms with Crippen molar-refractivity contribution >= 4 is 22.1 Å².